The molecule has 4 heteroatoms. The van der Waals surface area contributed by atoms with E-state index in [0.29, 0.717) is 6.04 Å². The first-order valence-electron chi connectivity index (χ1n) is 5.35. The first-order valence-corrected chi connectivity index (χ1v) is 5.35. The first-order chi connectivity index (χ1) is 7.27. The average molecular weight is 241 g/mol. The maximum atomic E-state index is 12.0. The molecule has 16 heavy (non-hydrogen) atoms. The van der Waals surface area contributed by atoms with Crippen LogP contribution in [0.1, 0.15) is 17.3 Å². The third-order valence-electron chi connectivity index (χ3n) is 2.68. The molecule has 0 aromatic heterocycles. The van der Waals surface area contributed by atoms with Crippen LogP contribution >= 0.6 is 12.4 Å². The third-order valence-corrected chi connectivity index (χ3v) is 2.68. The lowest BCUT2D eigenvalue weighted by molar-refractivity contribution is 0.0709. The molecule has 0 aliphatic carbocycles. The molecule has 1 aromatic carbocycles. The van der Waals surface area contributed by atoms with Crippen LogP contribution < -0.4 is 5.32 Å². The molecule has 1 saturated heterocycles. The van der Waals surface area contributed by atoms with E-state index in [0.717, 1.165) is 25.2 Å². The van der Waals surface area contributed by atoms with Crippen molar-refractivity contribution in [2.75, 3.05) is 19.6 Å². The summed E-state index contributed by atoms with van der Waals surface area (Å²) in [5.41, 5.74) is 0.784. The van der Waals surface area contributed by atoms with Crippen molar-refractivity contribution in [2.45, 2.75) is 13.0 Å². The molecular formula is C12H17ClN2O. The topological polar surface area (TPSA) is 32.3 Å². The predicted octanol–water partition coefficient (Wildman–Crippen LogP) is 1.54. The highest BCUT2D eigenvalue weighted by Crippen LogP contribution is 2.07. The molecule has 1 aromatic rings. The molecule has 0 bridgehead atoms. The van der Waals surface area contributed by atoms with Crippen molar-refractivity contribution < 1.29 is 4.79 Å². The van der Waals surface area contributed by atoms with Crippen LogP contribution in [-0.2, 0) is 0 Å². The van der Waals surface area contributed by atoms with Crippen LogP contribution in [0.25, 0.3) is 0 Å². The molecule has 88 valence electrons. The Morgan fingerprint density at radius 1 is 1.38 bits per heavy atom. The van der Waals surface area contributed by atoms with Crippen molar-refractivity contribution in [3.05, 3.63) is 35.9 Å². The zero-order valence-electron chi connectivity index (χ0n) is 9.35. The molecule has 1 N–H and O–H groups in total. The van der Waals surface area contributed by atoms with Gasteiger partial charge in [0.2, 0.25) is 0 Å². The average Bonchev–Trinajstić information content (AvgIpc) is 2.29. The lowest BCUT2D eigenvalue weighted by atomic mass is 10.1. The summed E-state index contributed by atoms with van der Waals surface area (Å²) >= 11 is 0. The largest absolute Gasteiger partial charge is 0.336 e. The molecule has 0 radical (unpaired) electrons. The smallest absolute Gasteiger partial charge is 0.253 e. The minimum absolute atomic E-state index is 0. The summed E-state index contributed by atoms with van der Waals surface area (Å²) in [6.45, 7) is 4.59. The van der Waals surface area contributed by atoms with E-state index in [2.05, 4.69) is 12.2 Å². The molecule has 1 amide bonds. The molecule has 1 heterocycles. The second-order valence-electron chi connectivity index (χ2n) is 3.97. The minimum Gasteiger partial charge on any atom is -0.336 e. The van der Waals surface area contributed by atoms with Crippen molar-refractivity contribution >= 4 is 18.3 Å². The molecular weight excluding hydrogens is 224 g/mol. The maximum absolute atomic E-state index is 12.0. The van der Waals surface area contributed by atoms with Gasteiger partial charge >= 0.3 is 0 Å². The summed E-state index contributed by atoms with van der Waals surface area (Å²) in [4.78, 5) is 14.0. The molecule has 1 aliphatic heterocycles. The molecule has 0 unspecified atom stereocenters. The van der Waals surface area contributed by atoms with Gasteiger partial charge in [-0.1, -0.05) is 18.2 Å². The highest BCUT2D eigenvalue weighted by Gasteiger charge is 2.20. The van der Waals surface area contributed by atoms with E-state index in [1.807, 2.05) is 35.2 Å². The standard InChI is InChI=1S/C12H16N2O.ClH/c1-10-9-14(8-7-13-10)12(15)11-5-3-2-4-6-11;/h2-6,10,13H,7-9H2,1H3;1H/t10-;/m1./s1. The van der Waals surface area contributed by atoms with Crippen molar-refractivity contribution in [1.29, 1.82) is 0 Å². The Morgan fingerprint density at radius 3 is 2.69 bits per heavy atom. The van der Waals surface area contributed by atoms with Crippen LogP contribution in [0.4, 0.5) is 0 Å². The Bertz CT molecular complexity index is 342. The van der Waals surface area contributed by atoms with Gasteiger partial charge in [-0.25, -0.2) is 0 Å². The van der Waals surface area contributed by atoms with Crippen LogP contribution in [0.2, 0.25) is 0 Å². The minimum atomic E-state index is 0. The zero-order valence-corrected chi connectivity index (χ0v) is 10.2. The number of nitrogens with one attached hydrogen (secondary N) is 1. The Labute approximate surface area is 102 Å². The van der Waals surface area contributed by atoms with Crippen molar-refractivity contribution in [3.63, 3.8) is 0 Å². The number of rotatable bonds is 1. The summed E-state index contributed by atoms with van der Waals surface area (Å²) in [7, 11) is 0. The molecule has 3 nitrogen and oxygen atoms in total. The fraction of sp³-hybridized carbons (Fsp3) is 0.417. The second-order valence-corrected chi connectivity index (χ2v) is 3.97. The summed E-state index contributed by atoms with van der Waals surface area (Å²) in [6, 6.07) is 9.87. The Kier molecular flexibility index (Phi) is 4.77. The van der Waals surface area contributed by atoms with Crippen LogP contribution in [-0.4, -0.2) is 36.5 Å². The number of benzene rings is 1. The quantitative estimate of drug-likeness (QED) is 0.808. The van der Waals surface area contributed by atoms with Crippen molar-refractivity contribution in [2.24, 2.45) is 0 Å². The summed E-state index contributed by atoms with van der Waals surface area (Å²) in [6.07, 6.45) is 0. The Morgan fingerprint density at radius 2 is 2.06 bits per heavy atom. The molecule has 0 saturated carbocycles. The first kappa shape index (κ1) is 13.0. The van der Waals surface area contributed by atoms with Crippen LogP contribution in [0.3, 0.4) is 0 Å². The van der Waals surface area contributed by atoms with Gasteiger partial charge in [0.15, 0.2) is 0 Å². The molecule has 1 aliphatic rings. The number of hydrogen-bond acceptors (Lipinski definition) is 2. The van der Waals surface area contributed by atoms with E-state index in [1.54, 1.807) is 0 Å². The zero-order chi connectivity index (χ0) is 10.7. The second kappa shape index (κ2) is 5.87. The maximum Gasteiger partial charge on any atom is 0.253 e. The van der Waals surface area contributed by atoms with E-state index < -0.39 is 0 Å². The number of halogens is 1. The number of amides is 1. The van der Waals surface area contributed by atoms with Crippen molar-refractivity contribution in [1.82, 2.24) is 10.2 Å². The number of carbonyl (C=O) groups excluding carboxylic acids is 1. The van der Waals surface area contributed by atoms with Gasteiger partial charge < -0.3 is 10.2 Å². The molecule has 1 atom stereocenters. The fourth-order valence-corrected chi connectivity index (χ4v) is 1.88. The van der Waals surface area contributed by atoms with Crippen LogP contribution in [0, 0.1) is 0 Å². The SMILES string of the molecule is C[C@@H]1CN(C(=O)c2ccccc2)CCN1.Cl. The Balaban J connectivity index is 0.00000128. The highest BCUT2D eigenvalue weighted by molar-refractivity contribution is 5.94. The van der Waals surface area contributed by atoms with E-state index in [-0.39, 0.29) is 18.3 Å². The van der Waals surface area contributed by atoms with E-state index in [1.165, 1.54) is 0 Å². The van der Waals surface area contributed by atoms with Gasteiger partial charge in [-0.2, -0.15) is 0 Å². The van der Waals surface area contributed by atoms with Gasteiger partial charge in [0, 0.05) is 31.2 Å². The van der Waals surface area contributed by atoms with Gasteiger partial charge in [0.1, 0.15) is 0 Å². The van der Waals surface area contributed by atoms with Gasteiger partial charge in [-0.3, -0.25) is 4.79 Å². The summed E-state index contributed by atoms with van der Waals surface area (Å²) < 4.78 is 0. The number of piperazine rings is 1. The monoisotopic (exact) mass is 240 g/mol. The number of nitrogens with zero attached hydrogens (tertiary/aromatic N) is 1. The van der Waals surface area contributed by atoms with Gasteiger partial charge in [-0.15, -0.1) is 12.4 Å². The molecule has 2 rings (SSSR count). The van der Waals surface area contributed by atoms with Crippen molar-refractivity contribution in [3.8, 4) is 0 Å². The normalized spacial score (nSPS) is 20.1. The highest BCUT2D eigenvalue weighted by atomic mass is 35.5. The lowest BCUT2D eigenvalue weighted by Gasteiger charge is -2.31. The van der Waals surface area contributed by atoms with Gasteiger partial charge in [0.25, 0.3) is 5.91 Å². The van der Waals surface area contributed by atoms with Gasteiger partial charge in [-0.05, 0) is 19.1 Å². The third kappa shape index (κ3) is 2.97. The van der Waals surface area contributed by atoms with Gasteiger partial charge in [0.05, 0.1) is 0 Å². The fourth-order valence-electron chi connectivity index (χ4n) is 1.88. The summed E-state index contributed by atoms with van der Waals surface area (Å²) in [5, 5.41) is 3.32. The van der Waals surface area contributed by atoms with Crippen LogP contribution in [0.15, 0.2) is 30.3 Å². The van der Waals surface area contributed by atoms with E-state index in [4.69, 9.17) is 0 Å². The Hall–Kier alpha value is -1.06. The number of hydrogen-bond donors (Lipinski definition) is 1. The summed E-state index contributed by atoms with van der Waals surface area (Å²) in [5.74, 6) is 0.143. The molecule has 1 fully saturated rings. The van der Waals surface area contributed by atoms with E-state index in [9.17, 15) is 4.79 Å². The number of carbonyl (C=O) groups is 1. The molecule has 0 spiro atoms. The van der Waals surface area contributed by atoms with Crippen LogP contribution in [0.5, 0.6) is 0 Å². The predicted molar refractivity (Wildman–Crippen MR) is 67.1 cm³/mol. The van der Waals surface area contributed by atoms with E-state index >= 15 is 0 Å². The lowest BCUT2D eigenvalue weighted by Crippen LogP contribution is -2.51.